The van der Waals surface area contributed by atoms with E-state index in [2.05, 4.69) is 36.4 Å². The van der Waals surface area contributed by atoms with Crippen molar-refractivity contribution in [3.8, 4) is 11.5 Å². The van der Waals surface area contributed by atoms with Crippen molar-refractivity contribution < 1.29 is 9.47 Å². The van der Waals surface area contributed by atoms with Gasteiger partial charge in [0, 0.05) is 0 Å². The highest BCUT2D eigenvalue weighted by Gasteiger charge is 2.13. The molecule has 0 atom stereocenters. The van der Waals surface area contributed by atoms with Gasteiger partial charge in [-0.2, -0.15) is 0 Å². The Morgan fingerprint density at radius 3 is 2.32 bits per heavy atom. The lowest BCUT2D eigenvalue weighted by atomic mass is 10.0. The molecule has 0 spiro atoms. The molecular weight excluding hydrogens is 238 g/mol. The summed E-state index contributed by atoms with van der Waals surface area (Å²) in [4.78, 5) is 0. The van der Waals surface area contributed by atoms with Crippen LogP contribution < -0.4 is 15.2 Å². The van der Waals surface area contributed by atoms with E-state index in [1.807, 2.05) is 6.07 Å². The second-order valence-corrected chi connectivity index (χ2v) is 4.72. The van der Waals surface area contributed by atoms with Crippen LogP contribution in [0, 0.1) is 0 Å². The van der Waals surface area contributed by atoms with Crippen LogP contribution in [0.4, 0.5) is 0 Å². The number of fused-ring (bicyclic) bond motifs is 1. The summed E-state index contributed by atoms with van der Waals surface area (Å²) in [6.07, 6.45) is 1.84. The maximum Gasteiger partial charge on any atom is 0.231 e. The summed E-state index contributed by atoms with van der Waals surface area (Å²) >= 11 is 0. The molecule has 0 aliphatic carbocycles. The molecule has 19 heavy (non-hydrogen) atoms. The normalized spacial score (nSPS) is 12.7. The number of ether oxygens (including phenoxy) is 2. The van der Waals surface area contributed by atoms with Gasteiger partial charge in [0.05, 0.1) is 0 Å². The van der Waals surface area contributed by atoms with Crippen molar-refractivity contribution in [1.29, 1.82) is 0 Å². The lowest BCUT2D eigenvalue weighted by Gasteiger charge is -2.05. The quantitative estimate of drug-likeness (QED) is 0.913. The molecule has 98 valence electrons. The Hall–Kier alpha value is -2.00. The first-order valence-electron chi connectivity index (χ1n) is 6.51. The predicted molar refractivity (Wildman–Crippen MR) is 74.6 cm³/mol. The third kappa shape index (κ3) is 2.71. The Bertz CT molecular complexity index is 563. The maximum atomic E-state index is 5.55. The van der Waals surface area contributed by atoms with Crippen LogP contribution in [0.2, 0.25) is 0 Å². The Morgan fingerprint density at radius 2 is 1.53 bits per heavy atom. The Kier molecular flexibility index (Phi) is 3.38. The van der Waals surface area contributed by atoms with Crippen LogP contribution in [0.15, 0.2) is 42.5 Å². The standard InChI is InChI=1S/C16H17NO2/c17-8-7-12-1-3-13(4-2-12)9-14-5-6-15-16(10-14)19-11-18-15/h1-6,10H,7-9,11,17H2. The zero-order valence-corrected chi connectivity index (χ0v) is 10.8. The molecule has 3 heteroatoms. The fourth-order valence-electron chi connectivity index (χ4n) is 2.28. The lowest BCUT2D eigenvalue weighted by Crippen LogP contribution is -2.02. The van der Waals surface area contributed by atoms with Crippen molar-refractivity contribution in [2.45, 2.75) is 12.8 Å². The minimum atomic E-state index is 0.326. The molecule has 0 bridgehead atoms. The zero-order valence-electron chi connectivity index (χ0n) is 10.8. The molecule has 0 fully saturated rings. The summed E-state index contributed by atoms with van der Waals surface area (Å²) < 4.78 is 10.7. The molecule has 0 unspecified atom stereocenters. The molecule has 1 aliphatic heterocycles. The molecule has 0 radical (unpaired) electrons. The number of hydrogen-bond donors (Lipinski definition) is 1. The van der Waals surface area contributed by atoms with Gasteiger partial charge in [-0.25, -0.2) is 0 Å². The van der Waals surface area contributed by atoms with Crippen molar-refractivity contribution in [1.82, 2.24) is 0 Å². The number of hydrogen-bond acceptors (Lipinski definition) is 3. The third-order valence-electron chi connectivity index (χ3n) is 3.30. The fourth-order valence-corrected chi connectivity index (χ4v) is 2.28. The number of rotatable bonds is 4. The highest BCUT2D eigenvalue weighted by Crippen LogP contribution is 2.33. The van der Waals surface area contributed by atoms with Crippen LogP contribution in [0.1, 0.15) is 16.7 Å². The molecule has 0 amide bonds. The first-order chi connectivity index (χ1) is 9.35. The topological polar surface area (TPSA) is 44.5 Å². The van der Waals surface area contributed by atoms with Gasteiger partial charge in [0.2, 0.25) is 6.79 Å². The first kappa shape index (κ1) is 12.1. The van der Waals surface area contributed by atoms with E-state index in [0.717, 1.165) is 24.3 Å². The van der Waals surface area contributed by atoms with Gasteiger partial charge in [0.25, 0.3) is 0 Å². The smallest absolute Gasteiger partial charge is 0.231 e. The van der Waals surface area contributed by atoms with Gasteiger partial charge < -0.3 is 15.2 Å². The lowest BCUT2D eigenvalue weighted by molar-refractivity contribution is 0.174. The van der Waals surface area contributed by atoms with Gasteiger partial charge in [0.1, 0.15) is 0 Å². The monoisotopic (exact) mass is 255 g/mol. The number of nitrogens with two attached hydrogens (primary N) is 1. The molecule has 3 nitrogen and oxygen atoms in total. The first-order valence-corrected chi connectivity index (χ1v) is 6.51. The van der Waals surface area contributed by atoms with E-state index in [4.69, 9.17) is 15.2 Å². The maximum absolute atomic E-state index is 5.55. The van der Waals surface area contributed by atoms with Gasteiger partial charge in [-0.05, 0) is 48.2 Å². The van der Waals surface area contributed by atoms with Gasteiger partial charge in [-0.3, -0.25) is 0 Å². The molecular formula is C16H17NO2. The fraction of sp³-hybridized carbons (Fsp3) is 0.250. The van der Waals surface area contributed by atoms with Gasteiger partial charge in [-0.1, -0.05) is 30.3 Å². The van der Waals surface area contributed by atoms with Gasteiger partial charge in [-0.15, -0.1) is 0 Å². The van der Waals surface area contributed by atoms with Crippen LogP contribution >= 0.6 is 0 Å². The van der Waals surface area contributed by atoms with E-state index in [0.29, 0.717) is 13.3 Å². The number of benzene rings is 2. The summed E-state index contributed by atoms with van der Waals surface area (Å²) in [5, 5.41) is 0. The van der Waals surface area contributed by atoms with Crippen LogP contribution in [0.5, 0.6) is 11.5 Å². The third-order valence-corrected chi connectivity index (χ3v) is 3.30. The summed E-state index contributed by atoms with van der Waals surface area (Å²) in [6.45, 7) is 1.02. The Labute approximate surface area is 113 Å². The SMILES string of the molecule is NCCc1ccc(Cc2ccc3c(c2)OCO3)cc1. The minimum Gasteiger partial charge on any atom is -0.454 e. The van der Waals surface area contributed by atoms with E-state index in [9.17, 15) is 0 Å². The average molecular weight is 255 g/mol. The van der Waals surface area contributed by atoms with E-state index in [-0.39, 0.29) is 0 Å². The van der Waals surface area contributed by atoms with E-state index < -0.39 is 0 Å². The molecule has 0 saturated carbocycles. The average Bonchev–Trinajstić information content (AvgIpc) is 2.89. The summed E-state index contributed by atoms with van der Waals surface area (Å²) in [5.74, 6) is 1.68. The van der Waals surface area contributed by atoms with Gasteiger partial charge >= 0.3 is 0 Å². The summed E-state index contributed by atoms with van der Waals surface area (Å²) in [7, 11) is 0. The minimum absolute atomic E-state index is 0.326. The summed E-state index contributed by atoms with van der Waals surface area (Å²) in [6, 6.07) is 14.7. The largest absolute Gasteiger partial charge is 0.454 e. The molecule has 1 aliphatic rings. The second kappa shape index (κ2) is 5.33. The molecule has 1 heterocycles. The molecule has 2 N–H and O–H groups in total. The zero-order chi connectivity index (χ0) is 13.1. The second-order valence-electron chi connectivity index (χ2n) is 4.72. The molecule has 2 aromatic carbocycles. The molecule has 0 saturated heterocycles. The Morgan fingerprint density at radius 1 is 0.842 bits per heavy atom. The van der Waals surface area contributed by atoms with Crippen LogP contribution in [-0.4, -0.2) is 13.3 Å². The van der Waals surface area contributed by atoms with Gasteiger partial charge in [0.15, 0.2) is 11.5 Å². The molecule has 0 aromatic heterocycles. The van der Waals surface area contributed by atoms with E-state index in [1.54, 1.807) is 0 Å². The molecule has 3 rings (SSSR count). The van der Waals surface area contributed by atoms with E-state index >= 15 is 0 Å². The highest BCUT2D eigenvalue weighted by molar-refractivity contribution is 5.45. The summed E-state index contributed by atoms with van der Waals surface area (Å²) in [5.41, 5.74) is 9.36. The highest BCUT2D eigenvalue weighted by atomic mass is 16.7. The predicted octanol–water partition coefficient (Wildman–Crippen LogP) is 2.51. The van der Waals surface area contributed by atoms with Crippen molar-refractivity contribution in [2.24, 2.45) is 5.73 Å². The van der Waals surface area contributed by atoms with Crippen molar-refractivity contribution in [3.63, 3.8) is 0 Å². The van der Waals surface area contributed by atoms with E-state index in [1.165, 1.54) is 16.7 Å². The molecule has 2 aromatic rings. The van der Waals surface area contributed by atoms with Crippen molar-refractivity contribution in [3.05, 3.63) is 59.2 Å². The van der Waals surface area contributed by atoms with Crippen LogP contribution in [0.25, 0.3) is 0 Å². The Balaban J connectivity index is 1.74. The van der Waals surface area contributed by atoms with Crippen molar-refractivity contribution in [2.75, 3.05) is 13.3 Å². The van der Waals surface area contributed by atoms with Crippen LogP contribution in [-0.2, 0) is 12.8 Å². The van der Waals surface area contributed by atoms with Crippen molar-refractivity contribution >= 4 is 0 Å². The van der Waals surface area contributed by atoms with Crippen LogP contribution in [0.3, 0.4) is 0 Å².